The third-order valence-corrected chi connectivity index (χ3v) is 4.00. The van der Waals surface area contributed by atoms with Crippen LogP contribution in [-0.2, 0) is 0 Å². The molecule has 0 aliphatic rings. The van der Waals surface area contributed by atoms with Gasteiger partial charge in [0.25, 0.3) is 0 Å². The summed E-state index contributed by atoms with van der Waals surface area (Å²) in [6.07, 6.45) is 0. The maximum atomic E-state index is 13.2. The fraction of sp³-hybridized carbons (Fsp3) is 0.143. The van der Waals surface area contributed by atoms with E-state index in [0.29, 0.717) is 10.6 Å². The van der Waals surface area contributed by atoms with Crippen molar-refractivity contribution in [3.05, 3.63) is 63.1 Å². The van der Waals surface area contributed by atoms with E-state index in [9.17, 15) is 8.78 Å². The molecule has 1 unspecified atom stereocenters. The van der Waals surface area contributed by atoms with Gasteiger partial charge in [-0.05, 0) is 51.8 Å². The zero-order valence-corrected chi connectivity index (χ0v) is 12.7. The van der Waals surface area contributed by atoms with Crippen molar-refractivity contribution in [2.45, 2.75) is 6.04 Å². The number of hydrogen-bond donors (Lipinski definition) is 2. The first-order valence-corrected chi connectivity index (χ1v) is 7.04. The van der Waals surface area contributed by atoms with Gasteiger partial charge in [0.05, 0.1) is 11.1 Å². The highest BCUT2D eigenvalue weighted by Crippen LogP contribution is 2.28. The second-order valence-corrected chi connectivity index (χ2v) is 5.53. The standard InChI is InChI=1S/C14H12BrClF2N2/c15-12-6-11(1-2-13(12)16)20-14(7-19)8-3-9(17)5-10(18)4-8/h1-6,14,20H,7,19H2. The summed E-state index contributed by atoms with van der Waals surface area (Å²) in [7, 11) is 0. The van der Waals surface area contributed by atoms with Crippen LogP contribution in [-0.4, -0.2) is 6.54 Å². The van der Waals surface area contributed by atoms with E-state index in [1.807, 2.05) is 0 Å². The molecule has 2 nitrogen and oxygen atoms in total. The van der Waals surface area contributed by atoms with Crippen LogP contribution in [0, 0.1) is 11.6 Å². The van der Waals surface area contributed by atoms with Gasteiger partial charge >= 0.3 is 0 Å². The molecular weight excluding hydrogens is 350 g/mol. The fourth-order valence-electron chi connectivity index (χ4n) is 1.84. The monoisotopic (exact) mass is 360 g/mol. The van der Waals surface area contributed by atoms with Crippen LogP contribution in [0.5, 0.6) is 0 Å². The van der Waals surface area contributed by atoms with Crippen LogP contribution in [0.15, 0.2) is 40.9 Å². The Morgan fingerprint density at radius 1 is 1.15 bits per heavy atom. The van der Waals surface area contributed by atoms with E-state index in [-0.39, 0.29) is 6.54 Å². The summed E-state index contributed by atoms with van der Waals surface area (Å²) in [6.45, 7) is 0.198. The molecule has 0 aromatic heterocycles. The fourth-order valence-corrected chi connectivity index (χ4v) is 2.34. The maximum absolute atomic E-state index is 13.2. The number of nitrogens with one attached hydrogen (secondary N) is 1. The van der Waals surface area contributed by atoms with Crippen LogP contribution in [0.2, 0.25) is 5.02 Å². The molecule has 0 heterocycles. The number of rotatable bonds is 4. The second kappa shape index (κ2) is 6.52. The Bertz CT molecular complexity index is 602. The predicted octanol–water partition coefficient (Wildman–Crippen LogP) is 4.49. The topological polar surface area (TPSA) is 38.0 Å². The van der Waals surface area contributed by atoms with Crippen molar-refractivity contribution >= 4 is 33.2 Å². The van der Waals surface area contributed by atoms with Crippen molar-refractivity contribution in [2.75, 3.05) is 11.9 Å². The van der Waals surface area contributed by atoms with Crippen LogP contribution in [0.4, 0.5) is 14.5 Å². The number of halogens is 4. The van der Waals surface area contributed by atoms with E-state index in [4.69, 9.17) is 17.3 Å². The van der Waals surface area contributed by atoms with Gasteiger partial charge in [0.1, 0.15) is 11.6 Å². The molecule has 0 spiro atoms. The van der Waals surface area contributed by atoms with Crippen molar-refractivity contribution in [2.24, 2.45) is 5.73 Å². The van der Waals surface area contributed by atoms with Gasteiger partial charge in [0.15, 0.2) is 0 Å². The predicted molar refractivity (Wildman–Crippen MR) is 80.9 cm³/mol. The lowest BCUT2D eigenvalue weighted by atomic mass is 10.1. The molecule has 0 saturated carbocycles. The van der Waals surface area contributed by atoms with Crippen LogP contribution in [0.3, 0.4) is 0 Å². The minimum Gasteiger partial charge on any atom is -0.377 e. The molecule has 3 N–H and O–H groups in total. The maximum Gasteiger partial charge on any atom is 0.126 e. The van der Waals surface area contributed by atoms with Gasteiger partial charge in [-0.2, -0.15) is 0 Å². The summed E-state index contributed by atoms with van der Waals surface area (Å²) in [4.78, 5) is 0. The van der Waals surface area contributed by atoms with Gasteiger partial charge in [-0.3, -0.25) is 0 Å². The molecule has 6 heteroatoms. The van der Waals surface area contributed by atoms with Crippen molar-refractivity contribution in [1.29, 1.82) is 0 Å². The lowest BCUT2D eigenvalue weighted by molar-refractivity contribution is 0.576. The van der Waals surface area contributed by atoms with Gasteiger partial charge in [0.2, 0.25) is 0 Å². The number of hydrogen-bond acceptors (Lipinski definition) is 2. The summed E-state index contributed by atoms with van der Waals surface area (Å²) in [5, 5.41) is 3.70. The quantitative estimate of drug-likeness (QED) is 0.842. The van der Waals surface area contributed by atoms with Crippen molar-refractivity contribution < 1.29 is 8.78 Å². The Morgan fingerprint density at radius 3 is 2.35 bits per heavy atom. The van der Waals surface area contributed by atoms with Crippen LogP contribution < -0.4 is 11.1 Å². The molecule has 1 atom stereocenters. The summed E-state index contributed by atoms with van der Waals surface area (Å²) in [5.74, 6) is -1.25. The molecule has 2 aromatic carbocycles. The Balaban J connectivity index is 2.26. The normalized spacial score (nSPS) is 12.2. The van der Waals surface area contributed by atoms with Crippen LogP contribution >= 0.6 is 27.5 Å². The molecule has 0 aliphatic carbocycles. The van der Waals surface area contributed by atoms with E-state index in [1.165, 1.54) is 12.1 Å². The summed E-state index contributed by atoms with van der Waals surface area (Å²) >= 11 is 9.23. The molecule has 0 fully saturated rings. The Morgan fingerprint density at radius 2 is 1.80 bits per heavy atom. The first-order valence-electron chi connectivity index (χ1n) is 5.87. The molecule has 20 heavy (non-hydrogen) atoms. The highest BCUT2D eigenvalue weighted by molar-refractivity contribution is 9.10. The lowest BCUT2D eigenvalue weighted by Crippen LogP contribution is -2.21. The third kappa shape index (κ3) is 3.69. The zero-order chi connectivity index (χ0) is 14.7. The first-order chi connectivity index (χ1) is 9.49. The van der Waals surface area contributed by atoms with E-state index >= 15 is 0 Å². The molecule has 0 radical (unpaired) electrons. The molecule has 2 rings (SSSR count). The molecular formula is C14H12BrClF2N2. The average Bonchev–Trinajstić information content (AvgIpc) is 2.38. The molecule has 0 aliphatic heterocycles. The number of benzene rings is 2. The summed E-state index contributed by atoms with van der Waals surface area (Å²) in [6, 6.07) is 8.22. The highest BCUT2D eigenvalue weighted by atomic mass is 79.9. The van der Waals surface area contributed by atoms with E-state index in [2.05, 4.69) is 21.2 Å². The first kappa shape index (κ1) is 15.2. The van der Waals surface area contributed by atoms with E-state index in [1.54, 1.807) is 18.2 Å². The van der Waals surface area contributed by atoms with Gasteiger partial charge in [-0.25, -0.2) is 8.78 Å². The smallest absolute Gasteiger partial charge is 0.126 e. The van der Waals surface area contributed by atoms with Crippen molar-refractivity contribution in [3.63, 3.8) is 0 Å². The molecule has 2 aromatic rings. The highest BCUT2D eigenvalue weighted by Gasteiger charge is 2.12. The molecule has 0 amide bonds. The van der Waals surface area contributed by atoms with Gasteiger partial charge in [-0.1, -0.05) is 11.6 Å². The molecule has 0 saturated heterocycles. The van der Waals surface area contributed by atoms with Gasteiger partial charge in [0, 0.05) is 22.8 Å². The van der Waals surface area contributed by atoms with Crippen molar-refractivity contribution in [3.8, 4) is 0 Å². The summed E-state index contributed by atoms with van der Waals surface area (Å²) in [5.41, 5.74) is 6.88. The Labute approximate surface area is 129 Å². The average molecular weight is 362 g/mol. The SMILES string of the molecule is NCC(Nc1ccc(Cl)c(Br)c1)c1cc(F)cc(F)c1. The molecule has 106 valence electrons. The van der Waals surface area contributed by atoms with Crippen molar-refractivity contribution in [1.82, 2.24) is 0 Å². The van der Waals surface area contributed by atoms with Crippen LogP contribution in [0.1, 0.15) is 11.6 Å². The summed E-state index contributed by atoms with van der Waals surface area (Å²) < 4.78 is 27.2. The second-order valence-electron chi connectivity index (χ2n) is 4.26. The minimum atomic E-state index is -0.627. The minimum absolute atomic E-state index is 0.198. The largest absolute Gasteiger partial charge is 0.377 e. The number of anilines is 1. The number of nitrogens with two attached hydrogens (primary N) is 1. The van der Waals surface area contributed by atoms with E-state index < -0.39 is 17.7 Å². The van der Waals surface area contributed by atoms with Crippen LogP contribution in [0.25, 0.3) is 0 Å². The Kier molecular flexibility index (Phi) is 4.96. The molecule has 0 bridgehead atoms. The van der Waals surface area contributed by atoms with Gasteiger partial charge in [-0.15, -0.1) is 0 Å². The third-order valence-electron chi connectivity index (χ3n) is 2.78. The lowest BCUT2D eigenvalue weighted by Gasteiger charge is -2.19. The zero-order valence-electron chi connectivity index (χ0n) is 10.3. The van der Waals surface area contributed by atoms with E-state index in [0.717, 1.165) is 16.2 Å². The van der Waals surface area contributed by atoms with Gasteiger partial charge < -0.3 is 11.1 Å². The Hall–Kier alpha value is -1.17.